The summed E-state index contributed by atoms with van der Waals surface area (Å²) < 4.78 is 2.09. The Morgan fingerprint density at radius 1 is 0.897 bits per heavy atom. The topological polar surface area (TPSA) is 49.4 Å². The number of rotatable bonds is 0. The van der Waals surface area contributed by atoms with Gasteiger partial charge in [0.2, 0.25) is 0 Å². The molecule has 0 atom stereocenters. The molecule has 2 aromatic carbocycles. The highest BCUT2D eigenvalue weighted by Gasteiger charge is 2.19. The fourth-order valence-electron chi connectivity index (χ4n) is 3.36. The molecule has 0 saturated heterocycles. The molecule has 2 amide bonds. The summed E-state index contributed by atoms with van der Waals surface area (Å²) in [7, 11) is 1.86. The van der Waals surface area contributed by atoms with Crippen LogP contribution in [0.25, 0.3) is 0 Å². The second kappa shape index (κ2) is 12.1. The van der Waals surface area contributed by atoms with Gasteiger partial charge in [-0.3, -0.25) is 9.59 Å². The number of carbonyl (C=O) groups is 2. The second-order valence-corrected chi connectivity index (χ2v) is 8.62. The van der Waals surface area contributed by atoms with Crippen LogP contribution in [0.2, 0.25) is 0 Å². The molecular weight excluding hydrogens is 611 g/mol. The van der Waals surface area contributed by atoms with Crippen molar-refractivity contribution in [3.63, 3.8) is 0 Å². The van der Waals surface area contributed by atoms with Crippen LogP contribution in [-0.2, 0) is 12.8 Å². The molecule has 0 aromatic heterocycles. The summed E-state index contributed by atoms with van der Waals surface area (Å²) in [4.78, 5) is 27.1. The quantitative estimate of drug-likeness (QED) is 0.301. The van der Waals surface area contributed by atoms with Crippen LogP contribution in [0, 0.1) is 0 Å². The first-order valence-corrected chi connectivity index (χ1v) is 13.2. The minimum atomic E-state index is 0.0556. The molecule has 0 radical (unpaired) electrons. The first-order valence-electron chi connectivity index (χ1n) is 9.44. The highest BCUT2D eigenvalue weighted by Crippen LogP contribution is 2.22. The highest BCUT2D eigenvalue weighted by atomic mass is 127. The number of fused-ring (bicyclic) bond motifs is 2. The van der Waals surface area contributed by atoms with E-state index in [0.717, 1.165) is 70.0 Å². The van der Waals surface area contributed by atoms with E-state index >= 15 is 0 Å². The number of nitrogens with one attached hydrogen (secondary N) is 1. The van der Waals surface area contributed by atoms with Gasteiger partial charge in [0.05, 0.1) is 0 Å². The van der Waals surface area contributed by atoms with Crippen molar-refractivity contribution in [3.8, 4) is 0 Å². The summed E-state index contributed by atoms with van der Waals surface area (Å²) in [6.45, 7) is 1.64. The molecule has 2 aliphatic heterocycles. The molecule has 0 bridgehead atoms. The molecule has 4 rings (SSSR count). The van der Waals surface area contributed by atoms with Gasteiger partial charge in [0.15, 0.2) is 0 Å². The van der Waals surface area contributed by atoms with Gasteiger partial charge < -0.3 is 10.2 Å². The maximum Gasteiger partial charge on any atom is 0.253 e. The zero-order valence-corrected chi connectivity index (χ0v) is 21.9. The van der Waals surface area contributed by atoms with E-state index in [1.165, 1.54) is 0 Å². The third-order valence-electron chi connectivity index (χ3n) is 4.80. The smallest absolute Gasteiger partial charge is 0.253 e. The van der Waals surface area contributed by atoms with Crippen molar-refractivity contribution in [2.24, 2.45) is 0 Å². The van der Waals surface area contributed by atoms with Gasteiger partial charge in [-0.25, -0.2) is 0 Å². The van der Waals surface area contributed by atoms with Crippen LogP contribution < -0.4 is 5.32 Å². The van der Waals surface area contributed by atoms with Gasteiger partial charge in [0.25, 0.3) is 11.8 Å². The molecular formula is C22H25Br2IN2O2. The molecule has 0 saturated carbocycles. The van der Waals surface area contributed by atoms with Crippen LogP contribution in [0.4, 0.5) is 0 Å². The van der Waals surface area contributed by atoms with E-state index in [-0.39, 0.29) is 11.8 Å². The van der Waals surface area contributed by atoms with Crippen molar-refractivity contribution in [1.29, 1.82) is 0 Å². The molecule has 2 aliphatic rings. The van der Waals surface area contributed by atoms with Crippen LogP contribution in [0.1, 0.15) is 44.7 Å². The van der Waals surface area contributed by atoms with Crippen molar-refractivity contribution < 1.29 is 9.59 Å². The molecule has 7 heteroatoms. The Labute approximate surface area is 203 Å². The lowest BCUT2D eigenvalue weighted by Gasteiger charge is -2.13. The zero-order valence-electron chi connectivity index (χ0n) is 16.6. The lowest BCUT2D eigenvalue weighted by atomic mass is 10.0. The average molecular weight is 636 g/mol. The van der Waals surface area contributed by atoms with E-state index in [2.05, 4.69) is 59.8 Å². The normalized spacial score (nSPS) is 15.3. The van der Waals surface area contributed by atoms with E-state index < -0.39 is 0 Å². The van der Waals surface area contributed by atoms with Gasteiger partial charge in [-0.2, -0.15) is 0 Å². The van der Waals surface area contributed by atoms with Crippen LogP contribution >= 0.6 is 54.5 Å². The molecule has 4 nitrogen and oxygen atoms in total. The standard InChI is InChI=1S/C11H12BrNO.C10H10BrNO.CH3I/c1-13-6-2-3-8-7-9(12)4-5-10(8)11(13)14;11-8-3-4-9-7(6-8)2-1-5-12-10(9)13;1-2/h4-5,7H,2-3,6H2,1H3;3-4,6H,1-2,5H2,(H,12,13);1H3. The van der Waals surface area contributed by atoms with E-state index in [0.29, 0.717) is 0 Å². The molecule has 156 valence electrons. The summed E-state index contributed by atoms with van der Waals surface area (Å²) in [5, 5.41) is 2.87. The van der Waals surface area contributed by atoms with Crippen LogP contribution in [0.5, 0.6) is 0 Å². The molecule has 1 N–H and O–H groups in total. The first-order chi connectivity index (χ1) is 14.0. The van der Waals surface area contributed by atoms with Gasteiger partial charge in [-0.15, -0.1) is 0 Å². The molecule has 0 aliphatic carbocycles. The predicted molar refractivity (Wildman–Crippen MR) is 134 cm³/mol. The summed E-state index contributed by atoms with van der Waals surface area (Å²) >= 11 is 8.98. The lowest BCUT2D eigenvalue weighted by molar-refractivity contribution is 0.0799. The first kappa shape index (κ1) is 24.3. The number of hydrogen-bond donors (Lipinski definition) is 1. The molecule has 0 spiro atoms. The van der Waals surface area contributed by atoms with E-state index in [4.69, 9.17) is 0 Å². The van der Waals surface area contributed by atoms with E-state index in [1.54, 1.807) is 4.90 Å². The maximum absolute atomic E-state index is 11.9. The third kappa shape index (κ3) is 6.79. The monoisotopic (exact) mass is 634 g/mol. The van der Waals surface area contributed by atoms with Gasteiger partial charge in [-0.05, 0) is 78.1 Å². The average Bonchev–Trinajstić information content (AvgIpc) is 2.98. The van der Waals surface area contributed by atoms with Crippen molar-refractivity contribution in [1.82, 2.24) is 10.2 Å². The van der Waals surface area contributed by atoms with Crippen molar-refractivity contribution >= 4 is 66.3 Å². The Balaban J connectivity index is 0.000000191. The molecule has 0 fully saturated rings. The molecule has 2 heterocycles. The predicted octanol–water partition coefficient (Wildman–Crippen LogP) is 5.64. The third-order valence-corrected chi connectivity index (χ3v) is 5.79. The summed E-state index contributed by atoms with van der Waals surface area (Å²) in [5.74, 6) is 0.199. The minimum Gasteiger partial charge on any atom is -0.352 e. The molecule has 0 unspecified atom stereocenters. The molecule has 2 aromatic rings. The number of halogens is 3. The van der Waals surface area contributed by atoms with Crippen LogP contribution in [0.15, 0.2) is 45.3 Å². The fraction of sp³-hybridized carbons (Fsp3) is 0.364. The van der Waals surface area contributed by atoms with Crippen LogP contribution in [-0.4, -0.2) is 41.8 Å². The Bertz CT molecular complexity index is 874. The van der Waals surface area contributed by atoms with Gasteiger partial charge in [-0.1, -0.05) is 54.5 Å². The van der Waals surface area contributed by atoms with Crippen LogP contribution in [0.3, 0.4) is 0 Å². The SMILES string of the molecule is CI.CN1CCCc2cc(Br)ccc2C1=O.O=C1NCCCc2cc(Br)ccc21. The minimum absolute atomic E-state index is 0.0556. The number of aryl methyl sites for hydroxylation is 2. The van der Waals surface area contributed by atoms with Crippen molar-refractivity contribution in [2.45, 2.75) is 25.7 Å². The number of nitrogens with zero attached hydrogens (tertiary/aromatic N) is 1. The highest BCUT2D eigenvalue weighted by molar-refractivity contribution is 14.1. The lowest BCUT2D eigenvalue weighted by Crippen LogP contribution is -2.26. The van der Waals surface area contributed by atoms with Crippen molar-refractivity contribution in [2.75, 3.05) is 25.1 Å². The number of benzene rings is 2. The number of amides is 2. The van der Waals surface area contributed by atoms with Crippen molar-refractivity contribution in [3.05, 3.63) is 67.6 Å². The Hall–Kier alpha value is -0.930. The number of alkyl halides is 1. The van der Waals surface area contributed by atoms with Gasteiger partial charge in [0.1, 0.15) is 0 Å². The summed E-state index contributed by atoms with van der Waals surface area (Å²) in [6.07, 6.45) is 4.04. The largest absolute Gasteiger partial charge is 0.352 e. The van der Waals surface area contributed by atoms with Gasteiger partial charge in [0, 0.05) is 40.2 Å². The Kier molecular flexibility index (Phi) is 10.1. The fourth-order valence-corrected chi connectivity index (χ4v) is 4.18. The zero-order chi connectivity index (χ0) is 21.4. The van der Waals surface area contributed by atoms with E-state index in [1.807, 2.05) is 48.4 Å². The second-order valence-electron chi connectivity index (χ2n) is 6.79. The molecule has 29 heavy (non-hydrogen) atoms. The summed E-state index contributed by atoms with van der Waals surface area (Å²) in [6, 6.07) is 11.7. The number of carbonyl (C=O) groups excluding carboxylic acids is 2. The Morgan fingerprint density at radius 3 is 2.10 bits per heavy atom. The number of hydrogen-bond acceptors (Lipinski definition) is 2. The van der Waals surface area contributed by atoms with Gasteiger partial charge >= 0.3 is 0 Å². The Morgan fingerprint density at radius 2 is 1.45 bits per heavy atom. The maximum atomic E-state index is 11.9. The van der Waals surface area contributed by atoms with E-state index in [9.17, 15) is 9.59 Å². The summed E-state index contributed by atoms with van der Waals surface area (Å²) in [5.41, 5.74) is 3.98.